The van der Waals surface area contributed by atoms with Crippen molar-refractivity contribution >= 4 is 5.91 Å². The Morgan fingerprint density at radius 3 is 2.88 bits per heavy atom. The van der Waals surface area contributed by atoms with Gasteiger partial charge in [-0.15, -0.1) is 0 Å². The Morgan fingerprint density at radius 1 is 1.47 bits per heavy atom. The smallest absolute Gasteiger partial charge is 0.224 e. The topological polar surface area (TPSA) is 32.3 Å². The maximum atomic E-state index is 11.7. The zero-order valence-electron chi connectivity index (χ0n) is 11.5. The van der Waals surface area contributed by atoms with Crippen molar-refractivity contribution in [1.82, 2.24) is 10.2 Å². The summed E-state index contributed by atoms with van der Waals surface area (Å²) in [6, 6.07) is 0. The van der Waals surface area contributed by atoms with E-state index >= 15 is 0 Å². The van der Waals surface area contributed by atoms with E-state index in [0.29, 0.717) is 0 Å². The minimum Gasteiger partial charge on any atom is -0.356 e. The van der Waals surface area contributed by atoms with E-state index in [4.69, 9.17) is 0 Å². The highest BCUT2D eigenvalue weighted by atomic mass is 16.1. The van der Waals surface area contributed by atoms with Gasteiger partial charge in [0, 0.05) is 19.6 Å². The molecule has 1 N–H and O–H groups in total. The molecule has 17 heavy (non-hydrogen) atoms. The van der Waals surface area contributed by atoms with Crippen molar-refractivity contribution < 1.29 is 4.79 Å². The molecule has 1 aliphatic heterocycles. The molecule has 1 heterocycles. The third-order valence-electron chi connectivity index (χ3n) is 3.49. The molecule has 0 spiro atoms. The molecule has 1 rings (SSSR count). The van der Waals surface area contributed by atoms with E-state index in [1.807, 2.05) is 6.92 Å². The van der Waals surface area contributed by atoms with E-state index in [2.05, 4.69) is 30.1 Å². The fourth-order valence-electron chi connectivity index (χ4n) is 2.21. The summed E-state index contributed by atoms with van der Waals surface area (Å²) in [6.45, 7) is 10.2. The SMILES string of the molecule is CCNC(=O)C1CCN(CCC=C(C)CC)C1. The van der Waals surface area contributed by atoms with Crippen molar-refractivity contribution in [2.24, 2.45) is 5.92 Å². The number of nitrogens with one attached hydrogen (secondary N) is 1. The van der Waals surface area contributed by atoms with Crippen LogP contribution in [-0.2, 0) is 4.79 Å². The van der Waals surface area contributed by atoms with Gasteiger partial charge in [0.15, 0.2) is 0 Å². The molecule has 1 aliphatic rings. The molecule has 0 aromatic carbocycles. The lowest BCUT2D eigenvalue weighted by molar-refractivity contribution is -0.124. The number of nitrogens with zero attached hydrogens (tertiary/aromatic N) is 1. The fourth-order valence-corrected chi connectivity index (χ4v) is 2.21. The summed E-state index contributed by atoms with van der Waals surface area (Å²) in [5, 5.41) is 2.91. The van der Waals surface area contributed by atoms with Gasteiger partial charge in [-0.3, -0.25) is 4.79 Å². The quantitative estimate of drug-likeness (QED) is 0.719. The highest BCUT2D eigenvalue weighted by Crippen LogP contribution is 2.16. The van der Waals surface area contributed by atoms with Crippen LogP contribution in [0.25, 0.3) is 0 Å². The van der Waals surface area contributed by atoms with Gasteiger partial charge in [0.1, 0.15) is 0 Å². The standard InChI is InChI=1S/C14H26N2O/c1-4-12(3)7-6-9-16-10-8-13(11-16)14(17)15-5-2/h7,13H,4-6,8-11H2,1-3H3,(H,15,17). The third kappa shape index (κ3) is 4.90. The largest absolute Gasteiger partial charge is 0.356 e. The average Bonchev–Trinajstić information content (AvgIpc) is 2.78. The summed E-state index contributed by atoms with van der Waals surface area (Å²) < 4.78 is 0. The average molecular weight is 238 g/mol. The Labute approximate surface area is 105 Å². The van der Waals surface area contributed by atoms with Crippen LogP contribution in [0.4, 0.5) is 0 Å². The summed E-state index contributed by atoms with van der Waals surface area (Å²) in [7, 11) is 0. The molecule has 1 atom stereocenters. The van der Waals surface area contributed by atoms with Crippen LogP contribution in [0.15, 0.2) is 11.6 Å². The summed E-state index contributed by atoms with van der Waals surface area (Å²) in [4.78, 5) is 14.1. The zero-order valence-corrected chi connectivity index (χ0v) is 11.5. The fraction of sp³-hybridized carbons (Fsp3) is 0.786. The lowest BCUT2D eigenvalue weighted by Gasteiger charge is -2.14. The van der Waals surface area contributed by atoms with Crippen LogP contribution in [0.2, 0.25) is 0 Å². The maximum Gasteiger partial charge on any atom is 0.224 e. The Morgan fingerprint density at radius 2 is 2.24 bits per heavy atom. The Hall–Kier alpha value is -0.830. The molecule has 0 radical (unpaired) electrons. The molecule has 98 valence electrons. The number of rotatable bonds is 6. The monoisotopic (exact) mass is 238 g/mol. The van der Waals surface area contributed by atoms with Crippen LogP contribution >= 0.6 is 0 Å². The van der Waals surface area contributed by atoms with E-state index in [9.17, 15) is 4.79 Å². The number of amides is 1. The van der Waals surface area contributed by atoms with Crippen molar-refractivity contribution in [2.45, 2.75) is 40.0 Å². The second kappa shape index (κ2) is 7.49. The Bertz CT molecular complexity index is 273. The molecule has 0 bridgehead atoms. The van der Waals surface area contributed by atoms with E-state index in [1.54, 1.807) is 0 Å². The summed E-state index contributed by atoms with van der Waals surface area (Å²) in [5.41, 5.74) is 1.46. The minimum atomic E-state index is 0.214. The number of allylic oxidation sites excluding steroid dienone is 1. The van der Waals surface area contributed by atoms with Gasteiger partial charge >= 0.3 is 0 Å². The van der Waals surface area contributed by atoms with Crippen LogP contribution in [0.1, 0.15) is 40.0 Å². The number of hydrogen-bond acceptors (Lipinski definition) is 2. The lowest BCUT2D eigenvalue weighted by atomic mass is 10.1. The van der Waals surface area contributed by atoms with Crippen LogP contribution in [0.3, 0.4) is 0 Å². The lowest BCUT2D eigenvalue weighted by Crippen LogP contribution is -2.32. The number of carbonyl (C=O) groups is 1. The summed E-state index contributed by atoms with van der Waals surface area (Å²) >= 11 is 0. The minimum absolute atomic E-state index is 0.214. The third-order valence-corrected chi connectivity index (χ3v) is 3.49. The highest BCUT2D eigenvalue weighted by molar-refractivity contribution is 5.79. The molecule has 1 unspecified atom stereocenters. The number of hydrogen-bond donors (Lipinski definition) is 1. The van der Waals surface area contributed by atoms with Gasteiger partial charge < -0.3 is 10.2 Å². The first-order chi connectivity index (χ1) is 8.17. The molecule has 0 aromatic rings. The molecule has 1 fully saturated rings. The van der Waals surface area contributed by atoms with Gasteiger partial charge in [-0.1, -0.05) is 18.6 Å². The molecule has 3 heteroatoms. The maximum absolute atomic E-state index is 11.7. The Kier molecular flexibility index (Phi) is 6.27. The van der Waals surface area contributed by atoms with Gasteiger partial charge in [0.2, 0.25) is 5.91 Å². The first kappa shape index (κ1) is 14.2. The highest BCUT2D eigenvalue weighted by Gasteiger charge is 2.27. The first-order valence-corrected chi connectivity index (χ1v) is 6.83. The number of likely N-dealkylation sites (tertiary alicyclic amines) is 1. The Balaban J connectivity index is 2.24. The van der Waals surface area contributed by atoms with Gasteiger partial charge in [-0.05, 0) is 39.7 Å². The van der Waals surface area contributed by atoms with Crippen LogP contribution in [0, 0.1) is 5.92 Å². The van der Waals surface area contributed by atoms with Crippen molar-refractivity contribution in [3.8, 4) is 0 Å². The van der Waals surface area contributed by atoms with E-state index < -0.39 is 0 Å². The predicted octanol–water partition coefficient (Wildman–Crippen LogP) is 2.19. The van der Waals surface area contributed by atoms with Crippen LogP contribution < -0.4 is 5.32 Å². The van der Waals surface area contributed by atoms with Gasteiger partial charge in [0.25, 0.3) is 0 Å². The summed E-state index contributed by atoms with van der Waals surface area (Å²) in [6.07, 6.45) is 5.59. The van der Waals surface area contributed by atoms with Crippen molar-refractivity contribution in [2.75, 3.05) is 26.2 Å². The second-order valence-electron chi connectivity index (χ2n) is 4.87. The normalized spacial score (nSPS) is 21.8. The molecule has 1 amide bonds. The van der Waals surface area contributed by atoms with E-state index in [0.717, 1.165) is 45.4 Å². The van der Waals surface area contributed by atoms with Gasteiger partial charge in [0.05, 0.1) is 5.92 Å². The van der Waals surface area contributed by atoms with Crippen LogP contribution in [-0.4, -0.2) is 37.0 Å². The molecular formula is C14H26N2O. The summed E-state index contributed by atoms with van der Waals surface area (Å²) in [5.74, 6) is 0.446. The second-order valence-corrected chi connectivity index (χ2v) is 4.87. The van der Waals surface area contributed by atoms with Gasteiger partial charge in [-0.25, -0.2) is 0 Å². The molecule has 3 nitrogen and oxygen atoms in total. The van der Waals surface area contributed by atoms with Crippen LogP contribution in [0.5, 0.6) is 0 Å². The van der Waals surface area contributed by atoms with E-state index in [1.165, 1.54) is 5.57 Å². The molecular weight excluding hydrogens is 212 g/mol. The first-order valence-electron chi connectivity index (χ1n) is 6.83. The molecule has 0 aromatic heterocycles. The molecule has 0 saturated carbocycles. The van der Waals surface area contributed by atoms with E-state index in [-0.39, 0.29) is 11.8 Å². The van der Waals surface area contributed by atoms with Crippen molar-refractivity contribution in [3.05, 3.63) is 11.6 Å². The molecule has 1 saturated heterocycles. The van der Waals surface area contributed by atoms with Crippen molar-refractivity contribution in [3.63, 3.8) is 0 Å². The zero-order chi connectivity index (χ0) is 12.7. The van der Waals surface area contributed by atoms with Gasteiger partial charge in [-0.2, -0.15) is 0 Å². The molecule has 0 aliphatic carbocycles. The number of carbonyl (C=O) groups excluding carboxylic acids is 1. The van der Waals surface area contributed by atoms with Crippen molar-refractivity contribution in [1.29, 1.82) is 0 Å². The predicted molar refractivity (Wildman–Crippen MR) is 71.9 cm³/mol.